The number of hydrogen-bond acceptors (Lipinski definition) is 4. The molecule has 0 saturated carbocycles. The lowest BCUT2D eigenvalue weighted by molar-refractivity contribution is -0.146. The zero-order chi connectivity index (χ0) is 24.0. The molecule has 5 nitrogen and oxygen atoms in total. The smallest absolute Gasteiger partial charge is 0.264 e. The van der Waals surface area contributed by atoms with E-state index < -0.39 is 5.60 Å². The van der Waals surface area contributed by atoms with Crippen LogP contribution in [0.15, 0.2) is 55.1 Å². The lowest BCUT2D eigenvalue weighted by Crippen LogP contribution is -2.46. The average Bonchev–Trinajstić information content (AvgIpc) is 3.21. The van der Waals surface area contributed by atoms with E-state index in [2.05, 4.69) is 68.1 Å². The van der Waals surface area contributed by atoms with Gasteiger partial charge >= 0.3 is 0 Å². The predicted molar refractivity (Wildman–Crippen MR) is 139 cm³/mol. The Hall–Kier alpha value is -1.90. The first-order chi connectivity index (χ1) is 15.7. The molecule has 0 radical (unpaired) electrons. The number of anilines is 1. The number of halogens is 1. The topological polar surface area (TPSA) is 59.0 Å². The molecule has 0 bridgehead atoms. The Labute approximate surface area is 209 Å². The molecule has 1 amide bonds. The van der Waals surface area contributed by atoms with E-state index in [1.807, 2.05) is 24.3 Å². The van der Waals surface area contributed by atoms with Crippen LogP contribution in [-0.4, -0.2) is 37.4 Å². The molecule has 0 aromatic heterocycles. The van der Waals surface area contributed by atoms with Gasteiger partial charge in [0.15, 0.2) is 5.60 Å². The fourth-order valence-electron chi connectivity index (χ4n) is 5.99. The standard InChI is InChI=1S/C27H32INO4/c1-6-14-29-22-12-9-19(28)16-21(22)27(25(29)31)17(2)24(23(33-27)13-15-30)26(3,4)18-7-10-20(32-5)11-8-18/h6-12,16-17,23-24,30H,1,13-15H2,2-5H3/t17-,23+,24-,27+/m1/s1. The van der Waals surface area contributed by atoms with Crippen LogP contribution >= 0.6 is 22.6 Å². The summed E-state index contributed by atoms with van der Waals surface area (Å²) < 4.78 is 13.2. The molecule has 6 heteroatoms. The maximum Gasteiger partial charge on any atom is 0.264 e. The van der Waals surface area contributed by atoms with Crippen molar-refractivity contribution in [1.82, 2.24) is 0 Å². The minimum Gasteiger partial charge on any atom is -0.497 e. The Morgan fingerprint density at radius 1 is 1.27 bits per heavy atom. The highest BCUT2D eigenvalue weighted by atomic mass is 127. The molecule has 2 aromatic rings. The van der Waals surface area contributed by atoms with Gasteiger partial charge in [0, 0.05) is 34.1 Å². The number of ether oxygens (including phenoxy) is 2. The van der Waals surface area contributed by atoms with E-state index in [0.717, 1.165) is 26.1 Å². The van der Waals surface area contributed by atoms with Gasteiger partial charge in [-0.05, 0) is 70.3 Å². The monoisotopic (exact) mass is 561 g/mol. The summed E-state index contributed by atoms with van der Waals surface area (Å²) in [6.45, 7) is 10.8. The van der Waals surface area contributed by atoms with Crippen molar-refractivity contribution in [3.05, 3.63) is 69.8 Å². The van der Waals surface area contributed by atoms with Gasteiger partial charge in [-0.15, -0.1) is 6.58 Å². The summed E-state index contributed by atoms with van der Waals surface area (Å²) in [5.41, 5.74) is 1.58. The van der Waals surface area contributed by atoms with E-state index in [0.29, 0.717) is 13.0 Å². The number of aliphatic hydroxyl groups is 1. The second-order valence-electron chi connectivity index (χ2n) is 9.53. The summed E-state index contributed by atoms with van der Waals surface area (Å²) >= 11 is 2.29. The minimum atomic E-state index is -1.08. The molecule has 2 aromatic carbocycles. The highest BCUT2D eigenvalue weighted by Crippen LogP contribution is 2.59. The predicted octanol–water partition coefficient (Wildman–Crippen LogP) is 5.04. The molecular formula is C27H32INO4. The first-order valence-corrected chi connectivity index (χ1v) is 12.5. The first kappa shape index (κ1) is 24.2. The van der Waals surface area contributed by atoms with Crippen molar-refractivity contribution in [2.45, 2.75) is 44.3 Å². The maximum absolute atomic E-state index is 14.0. The van der Waals surface area contributed by atoms with Crippen LogP contribution in [0.25, 0.3) is 0 Å². The van der Waals surface area contributed by atoms with Crippen LogP contribution < -0.4 is 9.64 Å². The quantitative estimate of drug-likeness (QED) is 0.381. The number of aliphatic hydroxyl groups excluding tert-OH is 1. The fraction of sp³-hybridized carbons (Fsp3) is 0.444. The van der Waals surface area contributed by atoms with Gasteiger partial charge in [0.05, 0.1) is 18.9 Å². The van der Waals surface area contributed by atoms with Crippen LogP contribution in [0.1, 0.15) is 38.3 Å². The lowest BCUT2D eigenvalue weighted by Gasteiger charge is -2.38. The first-order valence-electron chi connectivity index (χ1n) is 11.4. The number of hydrogen-bond donors (Lipinski definition) is 1. The number of fused-ring (bicyclic) bond motifs is 2. The minimum absolute atomic E-state index is 0.00635. The molecular weight excluding hydrogens is 529 g/mol. The zero-order valence-corrected chi connectivity index (χ0v) is 21.8. The third kappa shape index (κ3) is 3.70. The van der Waals surface area contributed by atoms with Gasteiger partial charge in [-0.25, -0.2) is 0 Å². The Balaban J connectivity index is 1.84. The zero-order valence-electron chi connectivity index (χ0n) is 19.7. The third-order valence-corrected chi connectivity index (χ3v) is 8.19. The molecule has 176 valence electrons. The van der Waals surface area contributed by atoms with Crippen molar-refractivity contribution in [3.8, 4) is 5.75 Å². The molecule has 2 heterocycles. The van der Waals surface area contributed by atoms with E-state index in [1.54, 1.807) is 18.1 Å². The fourth-order valence-corrected chi connectivity index (χ4v) is 6.48. The van der Waals surface area contributed by atoms with Crippen molar-refractivity contribution in [3.63, 3.8) is 0 Å². The van der Waals surface area contributed by atoms with Gasteiger partial charge in [0.2, 0.25) is 0 Å². The number of carbonyl (C=O) groups is 1. The van der Waals surface area contributed by atoms with E-state index >= 15 is 0 Å². The SMILES string of the molecule is C=CCN1C(=O)[C@@]2(O[C@@H](CCO)[C@H](C(C)(C)c3ccc(OC)cc3)[C@H]2C)c2cc(I)ccc21. The van der Waals surface area contributed by atoms with Gasteiger partial charge in [0.1, 0.15) is 5.75 Å². The maximum atomic E-state index is 14.0. The molecule has 1 saturated heterocycles. The third-order valence-electron chi connectivity index (χ3n) is 7.52. The molecule has 2 aliphatic rings. The van der Waals surface area contributed by atoms with Crippen molar-refractivity contribution in [2.24, 2.45) is 11.8 Å². The van der Waals surface area contributed by atoms with Crippen molar-refractivity contribution >= 4 is 34.2 Å². The Bertz CT molecular complexity index is 1050. The summed E-state index contributed by atoms with van der Waals surface area (Å²) in [5, 5.41) is 9.90. The molecule has 1 fully saturated rings. The molecule has 2 aliphatic heterocycles. The number of methoxy groups -OCH3 is 1. The molecule has 1 N–H and O–H groups in total. The van der Waals surface area contributed by atoms with Gasteiger partial charge < -0.3 is 19.5 Å². The normalized spacial score (nSPS) is 26.7. The largest absolute Gasteiger partial charge is 0.497 e. The summed E-state index contributed by atoms with van der Waals surface area (Å²) in [7, 11) is 1.66. The Kier molecular flexibility index (Phi) is 6.64. The second kappa shape index (κ2) is 9.04. The number of nitrogens with zero attached hydrogens (tertiary/aromatic N) is 1. The number of benzene rings is 2. The van der Waals surface area contributed by atoms with E-state index in [9.17, 15) is 9.90 Å². The van der Waals surface area contributed by atoms with Gasteiger partial charge in [0.25, 0.3) is 5.91 Å². The number of rotatable bonds is 7. The van der Waals surface area contributed by atoms with Gasteiger partial charge in [-0.3, -0.25) is 4.79 Å². The average molecular weight is 561 g/mol. The molecule has 0 aliphatic carbocycles. The van der Waals surface area contributed by atoms with Crippen LogP contribution in [0, 0.1) is 15.4 Å². The van der Waals surface area contributed by atoms with Crippen molar-refractivity contribution in [1.29, 1.82) is 0 Å². The van der Waals surface area contributed by atoms with Gasteiger partial charge in [-0.1, -0.05) is 39.0 Å². The van der Waals surface area contributed by atoms with Crippen LogP contribution in [0.3, 0.4) is 0 Å². The highest BCUT2D eigenvalue weighted by molar-refractivity contribution is 14.1. The Morgan fingerprint density at radius 3 is 2.58 bits per heavy atom. The molecule has 4 atom stereocenters. The van der Waals surface area contributed by atoms with Gasteiger partial charge in [-0.2, -0.15) is 0 Å². The summed E-state index contributed by atoms with van der Waals surface area (Å²) in [4.78, 5) is 15.8. The molecule has 0 unspecified atom stereocenters. The van der Waals surface area contributed by atoms with E-state index in [-0.39, 0.29) is 35.9 Å². The van der Waals surface area contributed by atoms with Crippen molar-refractivity contribution in [2.75, 3.05) is 25.2 Å². The molecule has 33 heavy (non-hydrogen) atoms. The highest BCUT2D eigenvalue weighted by Gasteiger charge is 2.65. The van der Waals surface area contributed by atoms with Crippen LogP contribution in [0.5, 0.6) is 5.75 Å². The second-order valence-corrected chi connectivity index (χ2v) is 10.8. The van der Waals surface area contributed by atoms with Crippen LogP contribution in [-0.2, 0) is 20.5 Å². The van der Waals surface area contributed by atoms with Crippen molar-refractivity contribution < 1.29 is 19.4 Å². The summed E-state index contributed by atoms with van der Waals surface area (Å²) in [6, 6.07) is 14.2. The van der Waals surface area contributed by atoms with E-state index in [4.69, 9.17) is 9.47 Å². The summed E-state index contributed by atoms with van der Waals surface area (Å²) in [6.07, 6.45) is 1.97. The van der Waals surface area contributed by atoms with E-state index in [1.165, 1.54) is 0 Å². The lowest BCUT2D eigenvalue weighted by atomic mass is 9.63. The number of carbonyl (C=O) groups excluding carboxylic acids is 1. The van der Waals surface area contributed by atoms with Crippen LogP contribution in [0.4, 0.5) is 5.69 Å². The van der Waals surface area contributed by atoms with Crippen LogP contribution in [0.2, 0.25) is 0 Å². The Morgan fingerprint density at radius 2 is 1.97 bits per heavy atom. The summed E-state index contributed by atoms with van der Waals surface area (Å²) in [5.74, 6) is 0.674. The molecule has 4 rings (SSSR count). The number of amides is 1. The molecule has 1 spiro atoms.